The van der Waals surface area contributed by atoms with Crippen molar-refractivity contribution in [3.63, 3.8) is 0 Å². The van der Waals surface area contributed by atoms with E-state index < -0.39 is 8.80 Å². The molecular formula is C12H28N2O4Si. The van der Waals surface area contributed by atoms with E-state index in [9.17, 15) is 4.79 Å². The van der Waals surface area contributed by atoms with Crippen molar-refractivity contribution < 1.29 is 18.1 Å². The van der Waals surface area contributed by atoms with Crippen molar-refractivity contribution in [1.29, 1.82) is 0 Å². The molecule has 0 saturated carbocycles. The summed E-state index contributed by atoms with van der Waals surface area (Å²) in [6.45, 7) is 1.32. The first-order valence-corrected chi connectivity index (χ1v) is 8.69. The van der Waals surface area contributed by atoms with Crippen LogP contribution in [0.4, 0.5) is 0 Å². The lowest BCUT2D eigenvalue weighted by molar-refractivity contribution is -0.121. The Balaban J connectivity index is 3.64. The fourth-order valence-corrected chi connectivity index (χ4v) is 3.51. The van der Waals surface area contributed by atoms with Gasteiger partial charge in [0.25, 0.3) is 0 Å². The molecule has 0 unspecified atom stereocenters. The highest BCUT2D eigenvalue weighted by Gasteiger charge is 2.36. The number of unbranched alkanes of at least 4 members (excludes halogenated alkanes) is 2. The van der Waals surface area contributed by atoms with Crippen molar-refractivity contribution in [2.45, 2.75) is 38.1 Å². The highest BCUT2D eigenvalue weighted by Crippen LogP contribution is 2.14. The number of hydrogen-bond acceptors (Lipinski definition) is 5. The van der Waals surface area contributed by atoms with Crippen molar-refractivity contribution in [1.82, 2.24) is 5.32 Å². The Morgan fingerprint density at radius 3 is 2.21 bits per heavy atom. The van der Waals surface area contributed by atoms with Crippen LogP contribution in [-0.2, 0) is 18.1 Å². The maximum atomic E-state index is 11.5. The smallest absolute Gasteiger partial charge is 0.377 e. The van der Waals surface area contributed by atoms with Crippen molar-refractivity contribution in [2.75, 3.05) is 34.4 Å². The minimum atomic E-state index is -2.49. The predicted molar refractivity (Wildman–Crippen MR) is 76.7 cm³/mol. The fourth-order valence-electron chi connectivity index (χ4n) is 1.78. The SMILES string of the molecule is CO[Si](CCCNC(=O)CCCCCN)(OC)OC. The van der Waals surface area contributed by atoms with E-state index in [1.807, 2.05) is 0 Å². The highest BCUT2D eigenvalue weighted by molar-refractivity contribution is 6.60. The quantitative estimate of drug-likeness (QED) is 0.412. The second-order valence-corrected chi connectivity index (χ2v) is 7.44. The molecule has 0 aliphatic rings. The molecule has 0 rings (SSSR count). The number of carbonyl (C=O) groups excluding carboxylic acids is 1. The normalized spacial score (nSPS) is 11.6. The first kappa shape index (κ1) is 18.5. The van der Waals surface area contributed by atoms with E-state index in [1.54, 1.807) is 21.3 Å². The molecule has 0 aromatic carbocycles. The van der Waals surface area contributed by atoms with E-state index in [0.29, 0.717) is 25.6 Å². The van der Waals surface area contributed by atoms with Crippen LogP contribution < -0.4 is 11.1 Å². The Morgan fingerprint density at radius 2 is 1.68 bits per heavy atom. The van der Waals surface area contributed by atoms with E-state index in [2.05, 4.69) is 5.32 Å². The molecule has 0 fully saturated rings. The van der Waals surface area contributed by atoms with Gasteiger partial charge in [0.15, 0.2) is 0 Å². The minimum Gasteiger partial charge on any atom is -0.377 e. The summed E-state index contributed by atoms with van der Waals surface area (Å²) in [7, 11) is 2.29. The van der Waals surface area contributed by atoms with Crippen LogP contribution in [-0.4, -0.2) is 49.1 Å². The number of hydrogen-bond donors (Lipinski definition) is 2. The average molecular weight is 292 g/mol. The molecule has 114 valence electrons. The van der Waals surface area contributed by atoms with Crippen molar-refractivity contribution in [2.24, 2.45) is 5.73 Å². The Hall–Kier alpha value is -0.473. The van der Waals surface area contributed by atoms with Crippen molar-refractivity contribution in [3.8, 4) is 0 Å². The second-order valence-electron chi connectivity index (χ2n) is 4.35. The van der Waals surface area contributed by atoms with Crippen LogP contribution in [0.5, 0.6) is 0 Å². The standard InChI is InChI=1S/C12H28N2O4Si/c1-16-19(17-2,18-3)11-7-10-14-12(15)8-5-4-6-9-13/h4-11,13H2,1-3H3,(H,14,15). The van der Waals surface area contributed by atoms with Crippen LogP contribution in [0.25, 0.3) is 0 Å². The lowest BCUT2D eigenvalue weighted by Gasteiger charge is -2.24. The Kier molecular flexibility index (Phi) is 11.1. The molecule has 0 radical (unpaired) electrons. The first-order valence-electron chi connectivity index (χ1n) is 6.76. The third-order valence-corrected chi connectivity index (χ3v) is 5.85. The number of carbonyl (C=O) groups is 1. The van der Waals surface area contributed by atoms with Gasteiger partial charge in [-0.1, -0.05) is 6.42 Å². The van der Waals surface area contributed by atoms with Gasteiger partial charge in [0.2, 0.25) is 5.91 Å². The number of rotatable bonds is 12. The van der Waals surface area contributed by atoms with Crippen LogP contribution in [0.1, 0.15) is 32.1 Å². The Morgan fingerprint density at radius 1 is 1.05 bits per heavy atom. The predicted octanol–water partition coefficient (Wildman–Crippen LogP) is 0.890. The van der Waals surface area contributed by atoms with Gasteiger partial charge >= 0.3 is 8.80 Å². The first-order chi connectivity index (χ1) is 9.14. The van der Waals surface area contributed by atoms with Crippen LogP contribution in [0, 0.1) is 0 Å². The monoisotopic (exact) mass is 292 g/mol. The lowest BCUT2D eigenvalue weighted by atomic mass is 10.2. The molecule has 0 spiro atoms. The zero-order chi connectivity index (χ0) is 14.6. The zero-order valence-corrected chi connectivity index (χ0v) is 13.4. The summed E-state index contributed by atoms with van der Waals surface area (Å²) >= 11 is 0. The molecule has 0 aromatic heterocycles. The lowest BCUT2D eigenvalue weighted by Crippen LogP contribution is -2.43. The summed E-state index contributed by atoms with van der Waals surface area (Å²) in [6, 6.07) is 0.698. The molecule has 3 N–H and O–H groups in total. The molecule has 0 atom stereocenters. The Labute approximate surface area is 117 Å². The molecule has 0 aliphatic carbocycles. The molecule has 7 heteroatoms. The van der Waals surface area contributed by atoms with Gasteiger partial charge in [-0.25, -0.2) is 0 Å². The van der Waals surface area contributed by atoms with E-state index in [1.165, 1.54) is 0 Å². The number of nitrogens with one attached hydrogen (secondary N) is 1. The molecule has 0 saturated heterocycles. The van der Waals surface area contributed by atoms with Gasteiger partial charge in [-0.05, 0) is 25.8 Å². The average Bonchev–Trinajstić information content (AvgIpc) is 2.45. The van der Waals surface area contributed by atoms with Gasteiger partial charge in [-0.2, -0.15) is 0 Å². The molecule has 19 heavy (non-hydrogen) atoms. The zero-order valence-electron chi connectivity index (χ0n) is 12.4. The second kappa shape index (κ2) is 11.4. The van der Waals surface area contributed by atoms with E-state index in [-0.39, 0.29) is 5.91 Å². The summed E-state index contributed by atoms with van der Waals surface area (Å²) in [5.41, 5.74) is 5.39. The van der Waals surface area contributed by atoms with Crippen LogP contribution in [0.2, 0.25) is 6.04 Å². The summed E-state index contributed by atoms with van der Waals surface area (Å²) in [5, 5.41) is 2.89. The molecule has 0 aromatic rings. The van der Waals surface area contributed by atoms with E-state index in [4.69, 9.17) is 19.0 Å². The van der Waals surface area contributed by atoms with Gasteiger partial charge in [0.05, 0.1) is 0 Å². The van der Waals surface area contributed by atoms with Gasteiger partial charge in [-0.3, -0.25) is 4.79 Å². The summed E-state index contributed by atoms with van der Waals surface area (Å²) in [6.07, 6.45) is 4.25. The molecule has 0 aliphatic heterocycles. The largest absolute Gasteiger partial charge is 0.500 e. The summed E-state index contributed by atoms with van der Waals surface area (Å²) in [4.78, 5) is 11.5. The van der Waals surface area contributed by atoms with Crippen molar-refractivity contribution >= 4 is 14.7 Å². The maximum Gasteiger partial charge on any atom is 0.500 e. The van der Waals surface area contributed by atoms with Crippen LogP contribution >= 0.6 is 0 Å². The maximum absolute atomic E-state index is 11.5. The molecule has 6 nitrogen and oxygen atoms in total. The molecule has 1 amide bonds. The highest BCUT2D eigenvalue weighted by atomic mass is 28.4. The fraction of sp³-hybridized carbons (Fsp3) is 0.917. The van der Waals surface area contributed by atoms with Crippen molar-refractivity contribution in [3.05, 3.63) is 0 Å². The van der Waals surface area contributed by atoms with Gasteiger partial charge < -0.3 is 24.3 Å². The van der Waals surface area contributed by atoms with Gasteiger partial charge in [-0.15, -0.1) is 0 Å². The summed E-state index contributed by atoms with van der Waals surface area (Å²) < 4.78 is 15.9. The van der Waals surface area contributed by atoms with Gasteiger partial charge in [0.1, 0.15) is 0 Å². The Bertz CT molecular complexity index is 230. The minimum absolute atomic E-state index is 0.0940. The van der Waals surface area contributed by atoms with Crippen LogP contribution in [0.3, 0.4) is 0 Å². The van der Waals surface area contributed by atoms with E-state index >= 15 is 0 Å². The molecule has 0 bridgehead atoms. The van der Waals surface area contributed by atoms with Crippen LogP contribution in [0.15, 0.2) is 0 Å². The third-order valence-electron chi connectivity index (χ3n) is 3.02. The topological polar surface area (TPSA) is 82.8 Å². The molecule has 0 heterocycles. The van der Waals surface area contributed by atoms with E-state index in [0.717, 1.165) is 25.7 Å². The third kappa shape index (κ3) is 8.33. The van der Waals surface area contributed by atoms with Gasteiger partial charge in [0, 0.05) is 40.3 Å². The molecular weight excluding hydrogens is 264 g/mol. The number of amides is 1. The number of nitrogens with two attached hydrogens (primary N) is 1. The summed E-state index contributed by atoms with van der Waals surface area (Å²) in [5.74, 6) is 0.0940.